The van der Waals surface area contributed by atoms with Gasteiger partial charge in [-0.25, -0.2) is 18.9 Å². The van der Waals surface area contributed by atoms with Gasteiger partial charge in [-0.3, -0.25) is 4.79 Å². The molecule has 1 aliphatic rings. The molecule has 1 atom stereocenters. The van der Waals surface area contributed by atoms with Gasteiger partial charge in [-0.2, -0.15) is 5.26 Å². The Morgan fingerprint density at radius 3 is 2.71 bits per heavy atom. The van der Waals surface area contributed by atoms with Crippen molar-refractivity contribution < 1.29 is 19.6 Å². The average Bonchev–Trinajstić information content (AvgIpc) is 3.69. The van der Waals surface area contributed by atoms with Gasteiger partial charge in [0.2, 0.25) is 5.91 Å². The number of aliphatic hydroxyl groups is 1. The highest BCUT2D eigenvalue weighted by atomic mass is 32.2. The largest absolute Gasteiger partial charge is 0.412 e. The summed E-state index contributed by atoms with van der Waals surface area (Å²) < 4.78 is 14.8. The summed E-state index contributed by atoms with van der Waals surface area (Å²) in [5, 5.41) is 21.3. The molecule has 0 bridgehead atoms. The molecule has 1 amide bonds. The van der Waals surface area contributed by atoms with Crippen LogP contribution in [0.2, 0.25) is 0 Å². The van der Waals surface area contributed by atoms with Crippen LogP contribution in [0.5, 0.6) is 0 Å². The van der Waals surface area contributed by atoms with Crippen LogP contribution in [-0.2, 0) is 28.0 Å². The molecule has 1 aliphatic carbocycles. The van der Waals surface area contributed by atoms with Crippen molar-refractivity contribution in [1.29, 1.82) is 5.26 Å². The molecular weight excluding hydrogens is 466 g/mol. The fourth-order valence-electron chi connectivity index (χ4n) is 3.50. The van der Waals surface area contributed by atoms with Crippen molar-refractivity contribution >= 4 is 22.6 Å². The molecule has 182 valence electrons. The molecule has 35 heavy (non-hydrogen) atoms. The lowest BCUT2D eigenvalue weighted by Crippen LogP contribution is -2.22. The van der Waals surface area contributed by atoms with Crippen LogP contribution in [0.4, 0.5) is 5.69 Å². The van der Waals surface area contributed by atoms with E-state index in [0.29, 0.717) is 34.9 Å². The van der Waals surface area contributed by atoms with Gasteiger partial charge in [-0.1, -0.05) is 30.3 Å². The summed E-state index contributed by atoms with van der Waals surface area (Å²) in [5.41, 5.74) is 4.27. The van der Waals surface area contributed by atoms with E-state index in [2.05, 4.69) is 26.1 Å². The topological polar surface area (TPSA) is 160 Å². The Morgan fingerprint density at radius 2 is 1.97 bits per heavy atom. The van der Waals surface area contributed by atoms with Crippen molar-refractivity contribution in [3.8, 4) is 17.3 Å². The molecule has 5 N–H and O–H groups in total. The first-order valence-corrected chi connectivity index (χ1v) is 12.4. The number of benzene rings is 2. The van der Waals surface area contributed by atoms with Crippen molar-refractivity contribution in [1.82, 2.24) is 14.7 Å². The summed E-state index contributed by atoms with van der Waals surface area (Å²) >= 11 is 0. The van der Waals surface area contributed by atoms with Gasteiger partial charge in [0.25, 0.3) is 0 Å². The van der Waals surface area contributed by atoms with E-state index in [1.807, 2.05) is 30.3 Å². The fourth-order valence-corrected chi connectivity index (χ4v) is 4.41. The van der Waals surface area contributed by atoms with Crippen LogP contribution >= 0.6 is 0 Å². The third kappa shape index (κ3) is 7.24. The first-order valence-electron chi connectivity index (χ1n) is 11.0. The Morgan fingerprint density at radius 1 is 1.17 bits per heavy atom. The van der Waals surface area contributed by atoms with E-state index in [1.54, 1.807) is 24.4 Å². The van der Waals surface area contributed by atoms with Crippen LogP contribution in [0.15, 0.2) is 54.7 Å². The maximum absolute atomic E-state index is 12.1. The smallest absolute Gasteiger partial charge is 0.227 e. The van der Waals surface area contributed by atoms with E-state index >= 15 is 0 Å². The molecule has 1 saturated carbocycles. The number of rotatable bonds is 10. The van der Waals surface area contributed by atoms with E-state index in [4.69, 9.17) is 5.11 Å². The highest BCUT2D eigenvalue weighted by Gasteiger charge is 2.30. The Kier molecular flexibility index (Phi) is 9.17. The number of hydrogen-bond acceptors (Lipinski definition) is 6. The number of anilines is 1. The van der Waals surface area contributed by atoms with Gasteiger partial charge in [0.05, 0.1) is 40.3 Å². The highest BCUT2D eigenvalue weighted by Crippen LogP contribution is 2.31. The predicted molar refractivity (Wildman–Crippen MR) is 133 cm³/mol. The Labute approximate surface area is 206 Å². The summed E-state index contributed by atoms with van der Waals surface area (Å²) in [6, 6.07) is 17.0. The number of aromatic nitrogens is 2. The molecule has 9 nitrogen and oxygen atoms in total. The number of carbonyl (C=O) groups excluding carboxylic acids is 1. The van der Waals surface area contributed by atoms with Crippen molar-refractivity contribution in [3.63, 3.8) is 0 Å². The van der Waals surface area contributed by atoms with Crippen LogP contribution < -0.4 is 10.0 Å². The van der Waals surface area contributed by atoms with Crippen molar-refractivity contribution in [2.45, 2.75) is 25.0 Å². The standard InChI is InChI=1S/C25H25N5O3S.H2O/c26-15-21-14-20(6-7-22(21)30-25(32)19-4-5-19)23-8-9-27-24(29-23)13-17-2-1-3-18(12-17)16-34(33)28-10-11-31;/h1-3,6-9,12,14,19,28,31H,4-5,10-11,13,16H2,(H,30,32);1H2. The van der Waals surface area contributed by atoms with Gasteiger partial charge >= 0.3 is 0 Å². The number of aliphatic hydroxyl groups excluding tert-OH is 1. The van der Waals surface area contributed by atoms with Crippen LogP contribution in [-0.4, -0.2) is 43.8 Å². The summed E-state index contributed by atoms with van der Waals surface area (Å²) in [7, 11) is -1.26. The normalized spacial score (nSPS) is 13.4. The maximum atomic E-state index is 12.1. The molecule has 0 saturated heterocycles. The number of nitrogens with one attached hydrogen (secondary N) is 2. The molecule has 0 aliphatic heterocycles. The zero-order valence-corrected chi connectivity index (χ0v) is 19.8. The first-order chi connectivity index (χ1) is 16.6. The molecule has 0 radical (unpaired) electrons. The summed E-state index contributed by atoms with van der Waals surface area (Å²) in [6.45, 7) is 0.224. The second kappa shape index (κ2) is 12.3. The molecule has 10 heteroatoms. The minimum atomic E-state index is -1.26. The minimum absolute atomic E-state index is 0. The van der Waals surface area contributed by atoms with Crippen molar-refractivity contribution in [2.75, 3.05) is 18.5 Å². The van der Waals surface area contributed by atoms with Gasteiger partial charge in [0.15, 0.2) is 0 Å². The molecule has 0 spiro atoms. The number of hydrogen-bond donors (Lipinski definition) is 3. The van der Waals surface area contributed by atoms with Crippen molar-refractivity contribution in [3.05, 3.63) is 77.2 Å². The summed E-state index contributed by atoms with van der Waals surface area (Å²) in [6.07, 6.45) is 3.98. The van der Waals surface area contributed by atoms with Crippen LogP contribution in [0.25, 0.3) is 11.3 Å². The van der Waals surface area contributed by atoms with Gasteiger partial charge < -0.3 is 15.9 Å². The van der Waals surface area contributed by atoms with Crippen LogP contribution in [0.1, 0.15) is 35.4 Å². The van der Waals surface area contributed by atoms with E-state index in [0.717, 1.165) is 29.5 Å². The van der Waals surface area contributed by atoms with E-state index in [-0.39, 0.29) is 30.5 Å². The highest BCUT2D eigenvalue weighted by molar-refractivity contribution is 7.82. The monoisotopic (exact) mass is 493 g/mol. The van der Waals surface area contributed by atoms with Crippen LogP contribution in [0.3, 0.4) is 0 Å². The van der Waals surface area contributed by atoms with E-state index in [9.17, 15) is 14.3 Å². The van der Waals surface area contributed by atoms with Gasteiger partial charge in [-0.15, -0.1) is 0 Å². The molecule has 2 aromatic carbocycles. The second-order valence-electron chi connectivity index (χ2n) is 8.10. The molecule has 4 rings (SSSR count). The zero-order chi connectivity index (χ0) is 23.9. The predicted octanol–water partition coefficient (Wildman–Crippen LogP) is 1.88. The summed E-state index contributed by atoms with van der Waals surface area (Å²) in [4.78, 5) is 21.1. The first kappa shape index (κ1) is 26.1. The number of nitrogens with zero attached hydrogens (tertiary/aromatic N) is 3. The number of nitriles is 1. The molecular formula is C25H27N5O4S. The molecule has 1 heterocycles. The quantitative estimate of drug-likeness (QED) is 0.391. The second-order valence-corrected chi connectivity index (χ2v) is 9.37. The third-order valence-electron chi connectivity index (χ3n) is 5.37. The van der Waals surface area contributed by atoms with E-state index < -0.39 is 11.0 Å². The SMILES string of the molecule is N#Cc1cc(-c2ccnc(Cc3cccc(CS(=O)NCCO)c3)n2)ccc1NC(=O)C1CC1.O. The maximum Gasteiger partial charge on any atom is 0.227 e. The lowest BCUT2D eigenvalue weighted by molar-refractivity contribution is -0.117. The lowest BCUT2D eigenvalue weighted by atomic mass is 10.1. The number of amides is 1. The van der Waals surface area contributed by atoms with Crippen LogP contribution in [0, 0.1) is 17.2 Å². The Hall–Kier alpha value is -3.49. The average molecular weight is 494 g/mol. The third-order valence-corrected chi connectivity index (χ3v) is 6.50. The zero-order valence-electron chi connectivity index (χ0n) is 19.0. The van der Waals surface area contributed by atoms with Gasteiger partial charge in [-0.05, 0) is 42.2 Å². The molecule has 3 aromatic rings. The number of carbonyl (C=O) groups is 1. The van der Waals surface area contributed by atoms with Crippen molar-refractivity contribution in [2.24, 2.45) is 5.92 Å². The Balaban J connectivity index is 0.00000342. The lowest BCUT2D eigenvalue weighted by Gasteiger charge is -2.10. The van der Waals surface area contributed by atoms with Gasteiger partial charge in [0, 0.05) is 30.6 Å². The minimum Gasteiger partial charge on any atom is -0.412 e. The molecule has 1 fully saturated rings. The molecule has 1 unspecified atom stereocenters. The fraction of sp³-hybridized carbons (Fsp3) is 0.280. The Bertz CT molecular complexity index is 1260. The van der Waals surface area contributed by atoms with E-state index in [1.165, 1.54) is 0 Å². The molecule has 1 aromatic heterocycles. The summed E-state index contributed by atoms with van der Waals surface area (Å²) in [5.74, 6) is 0.989. The van der Waals surface area contributed by atoms with Gasteiger partial charge in [0.1, 0.15) is 11.9 Å².